The maximum absolute atomic E-state index is 11.2. The zero-order valence-corrected chi connectivity index (χ0v) is 18.5. The Morgan fingerprint density at radius 1 is 0.828 bits per heavy atom. The van der Waals surface area contributed by atoms with Crippen molar-refractivity contribution in [3.05, 3.63) is 57.6 Å². The molecule has 0 fully saturated rings. The van der Waals surface area contributed by atoms with Crippen LogP contribution >= 0.6 is 23.2 Å². The van der Waals surface area contributed by atoms with Crippen molar-refractivity contribution in [1.29, 1.82) is 0 Å². The van der Waals surface area contributed by atoms with Crippen molar-refractivity contribution in [3.8, 4) is 0 Å². The fourth-order valence-corrected chi connectivity index (χ4v) is 3.59. The van der Waals surface area contributed by atoms with Crippen LogP contribution in [0.25, 0.3) is 0 Å². The molecule has 0 bridgehead atoms. The monoisotopic (exact) mass is 482 g/mol. The Morgan fingerprint density at radius 3 is 1.55 bits per heavy atom. The molecule has 8 nitrogen and oxygen atoms in total. The van der Waals surface area contributed by atoms with E-state index in [1.54, 1.807) is 0 Å². The van der Waals surface area contributed by atoms with Gasteiger partial charge in [-0.25, -0.2) is 26.4 Å². The van der Waals surface area contributed by atoms with E-state index in [-0.39, 0.29) is 31.0 Å². The molecule has 0 spiro atoms. The molecule has 0 heterocycles. The molecule has 0 unspecified atom stereocenters. The fraction of sp³-hybridized carbons (Fsp3) is 0.176. The standard InChI is InChI=1S/C9H9ClO4S.C8H7ClO4S/c1-14-9(11)7-5-6(15(2,12)13)3-4-8(7)10;1-14(12,13)5-2-3-7(9)6(4-5)8(10)11/h3-5H,1-2H3;2-4H,1H3,(H,10,11). The third-order valence-electron chi connectivity index (χ3n) is 3.37. The Labute approximate surface area is 177 Å². The van der Waals surface area contributed by atoms with Crippen molar-refractivity contribution in [3.63, 3.8) is 0 Å². The van der Waals surface area contributed by atoms with Crippen molar-refractivity contribution < 1.29 is 36.3 Å². The molecular weight excluding hydrogens is 467 g/mol. The van der Waals surface area contributed by atoms with E-state index in [1.165, 1.54) is 37.4 Å². The quantitative estimate of drug-likeness (QED) is 0.657. The number of sulfone groups is 2. The molecule has 0 saturated heterocycles. The van der Waals surface area contributed by atoms with Gasteiger partial charge in [0.05, 0.1) is 38.1 Å². The van der Waals surface area contributed by atoms with E-state index in [4.69, 9.17) is 28.3 Å². The van der Waals surface area contributed by atoms with Gasteiger partial charge in [-0.3, -0.25) is 0 Å². The van der Waals surface area contributed by atoms with E-state index in [2.05, 4.69) is 4.74 Å². The predicted octanol–water partition coefficient (Wildman–Crippen LogP) is 2.97. The van der Waals surface area contributed by atoms with Gasteiger partial charge in [-0.1, -0.05) is 23.2 Å². The summed E-state index contributed by atoms with van der Waals surface area (Å²) < 4.78 is 49.1. The molecule has 2 aromatic rings. The fourth-order valence-electron chi connectivity index (χ4n) is 1.90. The second kappa shape index (κ2) is 9.57. The van der Waals surface area contributed by atoms with Crippen molar-refractivity contribution in [2.75, 3.05) is 19.6 Å². The highest BCUT2D eigenvalue weighted by Crippen LogP contribution is 2.21. The highest BCUT2D eigenvalue weighted by Gasteiger charge is 2.16. The normalized spacial score (nSPS) is 11.2. The van der Waals surface area contributed by atoms with E-state index in [1.807, 2.05) is 0 Å². The minimum atomic E-state index is -3.40. The first-order chi connectivity index (χ1) is 13.2. The van der Waals surface area contributed by atoms with Crippen molar-refractivity contribution in [2.24, 2.45) is 0 Å². The minimum absolute atomic E-state index is 0.0184. The van der Waals surface area contributed by atoms with Crippen LogP contribution in [0.4, 0.5) is 0 Å². The summed E-state index contributed by atoms with van der Waals surface area (Å²) >= 11 is 11.3. The van der Waals surface area contributed by atoms with Gasteiger partial charge in [0.1, 0.15) is 0 Å². The summed E-state index contributed by atoms with van der Waals surface area (Å²) in [5.41, 5.74) is -0.170. The van der Waals surface area contributed by atoms with Crippen LogP contribution < -0.4 is 0 Å². The molecule has 0 aliphatic heterocycles. The van der Waals surface area contributed by atoms with Crippen molar-refractivity contribution >= 4 is 54.8 Å². The maximum atomic E-state index is 11.2. The first-order valence-electron chi connectivity index (χ1n) is 7.49. The molecular formula is C17H16Cl2O8S2. The molecule has 12 heteroatoms. The van der Waals surface area contributed by atoms with Crippen LogP contribution in [0.2, 0.25) is 10.0 Å². The summed E-state index contributed by atoms with van der Waals surface area (Å²) in [5.74, 6) is -1.91. The van der Waals surface area contributed by atoms with Crippen LogP contribution in [0.1, 0.15) is 20.7 Å². The Hall–Kier alpha value is -2.14. The van der Waals surface area contributed by atoms with Crippen LogP contribution in [0.5, 0.6) is 0 Å². The average Bonchev–Trinajstić information content (AvgIpc) is 2.60. The second-order valence-corrected chi connectivity index (χ2v) is 10.5. The zero-order valence-electron chi connectivity index (χ0n) is 15.3. The molecule has 2 aromatic carbocycles. The Bertz CT molecular complexity index is 1160. The third-order valence-corrected chi connectivity index (χ3v) is 6.25. The van der Waals surface area contributed by atoms with Crippen LogP contribution in [0.15, 0.2) is 46.2 Å². The molecule has 0 atom stereocenters. The molecule has 1 N–H and O–H groups in total. The smallest absolute Gasteiger partial charge is 0.339 e. The van der Waals surface area contributed by atoms with Gasteiger partial charge < -0.3 is 9.84 Å². The summed E-state index contributed by atoms with van der Waals surface area (Å²) in [7, 11) is -5.55. The van der Waals surface area contributed by atoms with Crippen molar-refractivity contribution in [2.45, 2.75) is 9.79 Å². The predicted molar refractivity (Wildman–Crippen MR) is 107 cm³/mol. The van der Waals surface area contributed by atoms with Gasteiger partial charge in [-0.2, -0.15) is 0 Å². The summed E-state index contributed by atoms with van der Waals surface area (Å²) in [5, 5.41) is 8.86. The van der Waals surface area contributed by atoms with Crippen molar-refractivity contribution in [1.82, 2.24) is 0 Å². The van der Waals surface area contributed by atoms with Crippen LogP contribution in [0.3, 0.4) is 0 Å². The topological polar surface area (TPSA) is 132 Å². The zero-order chi connectivity index (χ0) is 22.6. The number of benzene rings is 2. The van der Waals surface area contributed by atoms with E-state index in [9.17, 15) is 26.4 Å². The molecule has 0 saturated carbocycles. The summed E-state index contributed by atoms with van der Waals surface area (Å²) in [4.78, 5) is 21.8. The number of hydrogen-bond acceptors (Lipinski definition) is 7. The molecule has 0 aliphatic rings. The average molecular weight is 483 g/mol. The first-order valence-corrected chi connectivity index (χ1v) is 12.0. The molecule has 158 valence electrons. The number of carbonyl (C=O) groups excluding carboxylic acids is 1. The number of ether oxygens (including phenoxy) is 1. The van der Waals surface area contributed by atoms with Gasteiger partial charge >= 0.3 is 11.9 Å². The summed E-state index contributed by atoms with van der Waals surface area (Å²) in [6, 6.07) is 7.45. The molecule has 0 aliphatic carbocycles. The van der Waals surface area contributed by atoms with Crippen LogP contribution in [-0.2, 0) is 24.4 Å². The highest BCUT2D eigenvalue weighted by molar-refractivity contribution is 7.91. The molecule has 0 amide bonds. The largest absolute Gasteiger partial charge is 0.478 e. The third kappa shape index (κ3) is 7.00. The lowest BCUT2D eigenvalue weighted by Gasteiger charge is -2.04. The number of carbonyl (C=O) groups is 2. The van der Waals surface area contributed by atoms with Gasteiger partial charge in [-0.05, 0) is 36.4 Å². The van der Waals surface area contributed by atoms with Gasteiger partial charge in [0.2, 0.25) is 0 Å². The van der Waals surface area contributed by atoms with E-state index in [0.29, 0.717) is 0 Å². The number of esters is 1. The molecule has 0 radical (unpaired) electrons. The van der Waals surface area contributed by atoms with Crippen LogP contribution in [0, 0.1) is 0 Å². The summed E-state index contributed by atoms with van der Waals surface area (Å²) in [6.07, 6.45) is 2.05. The molecule has 0 aromatic heterocycles. The number of aromatic carboxylic acids is 1. The van der Waals surface area contributed by atoms with Gasteiger partial charge in [0, 0.05) is 12.5 Å². The van der Waals surface area contributed by atoms with Gasteiger partial charge in [0.15, 0.2) is 19.7 Å². The Balaban J connectivity index is 0.000000291. The lowest BCUT2D eigenvalue weighted by molar-refractivity contribution is 0.0599. The van der Waals surface area contributed by atoms with Gasteiger partial charge in [-0.15, -0.1) is 0 Å². The number of hydrogen-bond donors (Lipinski definition) is 1. The first kappa shape index (κ1) is 24.9. The number of methoxy groups -OCH3 is 1. The number of rotatable bonds is 4. The summed E-state index contributed by atoms with van der Waals surface area (Å²) in [6.45, 7) is 0. The number of carboxylic acids is 1. The second-order valence-electron chi connectivity index (χ2n) is 5.62. The maximum Gasteiger partial charge on any atom is 0.339 e. The lowest BCUT2D eigenvalue weighted by Crippen LogP contribution is -2.05. The molecule has 29 heavy (non-hydrogen) atoms. The SMILES string of the molecule is COC(=O)c1cc(S(C)(=O)=O)ccc1Cl.CS(=O)(=O)c1ccc(Cl)c(C(=O)O)c1. The van der Waals surface area contributed by atoms with E-state index < -0.39 is 31.6 Å². The molecule has 2 rings (SSSR count). The van der Waals surface area contributed by atoms with E-state index in [0.717, 1.165) is 18.6 Å². The van der Waals surface area contributed by atoms with Gasteiger partial charge in [0.25, 0.3) is 0 Å². The number of carboxylic acid groups (broad SMARTS) is 1. The minimum Gasteiger partial charge on any atom is -0.478 e. The lowest BCUT2D eigenvalue weighted by atomic mass is 10.2. The van der Waals surface area contributed by atoms with Crippen LogP contribution in [-0.4, -0.2) is 53.5 Å². The number of halogens is 2. The Kier molecular flexibility index (Phi) is 8.22. The Morgan fingerprint density at radius 2 is 1.21 bits per heavy atom. The van der Waals surface area contributed by atoms with E-state index >= 15 is 0 Å². The highest BCUT2D eigenvalue weighted by atomic mass is 35.5.